The standard InChI is InChI=1S/C20H13N3O3/c24-20-17-11-4-5-12-18(17)21-19(14-7-2-1-3-8-14)22(20)15-9-6-10-16(13-15)23(25)26/h1-13H. The molecule has 1 aromatic heterocycles. The van der Waals surface area contributed by atoms with Crippen molar-refractivity contribution in [3.63, 3.8) is 0 Å². The SMILES string of the molecule is O=c1c2ccccc2nc(-c2ccccc2)n1-c1cccc([N+](=O)[O-])c1. The third kappa shape index (κ3) is 2.63. The van der Waals surface area contributed by atoms with E-state index >= 15 is 0 Å². The molecule has 0 aliphatic heterocycles. The van der Waals surface area contributed by atoms with Gasteiger partial charge in [-0.3, -0.25) is 19.5 Å². The molecule has 0 aliphatic rings. The zero-order chi connectivity index (χ0) is 18.1. The van der Waals surface area contributed by atoms with Crippen LogP contribution in [-0.2, 0) is 0 Å². The van der Waals surface area contributed by atoms with Crippen molar-refractivity contribution in [1.82, 2.24) is 9.55 Å². The van der Waals surface area contributed by atoms with Crippen molar-refractivity contribution >= 4 is 16.6 Å². The maximum absolute atomic E-state index is 13.2. The second kappa shape index (κ2) is 6.25. The van der Waals surface area contributed by atoms with Gasteiger partial charge in [0, 0.05) is 17.7 Å². The van der Waals surface area contributed by atoms with Crippen LogP contribution in [-0.4, -0.2) is 14.5 Å². The molecule has 0 N–H and O–H groups in total. The molecular formula is C20H13N3O3. The van der Waals surface area contributed by atoms with Crippen LogP contribution in [0.25, 0.3) is 28.0 Å². The number of nitro groups is 1. The van der Waals surface area contributed by atoms with Crippen molar-refractivity contribution in [1.29, 1.82) is 0 Å². The summed E-state index contributed by atoms with van der Waals surface area (Å²) in [5, 5.41) is 11.6. The summed E-state index contributed by atoms with van der Waals surface area (Å²) < 4.78 is 1.42. The van der Waals surface area contributed by atoms with Crippen LogP contribution in [0.5, 0.6) is 0 Å². The number of hydrogen-bond donors (Lipinski definition) is 0. The van der Waals surface area contributed by atoms with E-state index in [4.69, 9.17) is 0 Å². The minimum absolute atomic E-state index is 0.0819. The van der Waals surface area contributed by atoms with Crippen LogP contribution in [0.1, 0.15) is 0 Å². The third-order valence-electron chi connectivity index (χ3n) is 4.11. The summed E-state index contributed by atoms with van der Waals surface area (Å²) in [7, 11) is 0. The van der Waals surface area contributed by atoms with E-state index in [1.165, 1.54) is 16.7 Å². The molecule has 1 heterocycles. The molecule has 126 valence electrons. The minimum Gasteiger partial charge on any atom is -0.268 e. The van der Waals surface area contributed by atoms with Gasteiger partial charge in [-0.2, -0.15) is 0 Å². The smallest absolute Gasteiger partial charge is 0.268 e. The van der Waals surface area contributed by atoms with Crippen LogP contribution in [0.2, 0.25) is 0 Å². The summed E-state index contributed by atoms with van der Waals surface area (Å²) in [5.41, 5.74) is 1.39. The molecule has 0 spiro atoms. The van der Waals surface area contributed by atoms with E-state index in [-0.39, 0.29) is 11.2 Å². The number of benzene rings is 3. The molecule has 0 saturated carbocycles. The highest BCUT2D eigenvalue weighted by atomic mass is 16.6. The molecule has 0 radical (unpaired) electrons. The molecule has 0 bridgehead atoms. The lowest BCUT2D eigenvalue weighted by Gasteiger charge is -2.13. The van der Waals surface area contributed by atoms with Crippen LogP contribution in [0, 0.1) is 10.1 Å². The van der Waals surface area contributed by atoms with Gasteiger partial charge in [0.1, 0.15) is 5.82 Å². The molecule has 0 aliphatic carbocycles. The van der Waals surface area contributed by atoms with Crippen molar-refractivity contribution in [2.75, 3.05) is 0 Å². The zero-order valence-electron chi connectivity index (χ0n) is 13.6. The Kier molecular flexibility index (Phi) is 3.78. The fourth-order valence-corrected chi connectivity index (χ4v) is 2.90. The van der Waals surface area contributed by atoms with Crippen molar-refractivity contribution in [3.05, 3.63) is 99.3 Å². The summed E-state index contributed by atoms with van der Waals surface area (Å²) in [5.74, 6) is 0.440. The first-order valence-electron chi connectivity index (χ1n) is 7.97. The Morgan fingerprint density at radius 1 is 0.885 bits per heavy atom. The summed E-state index contributed by atoms with van der Waals surface area (Å²) in [6, 6.07) is 22.4. The highest BCUT2D eigenvalue weighted by molar-refractivity contribution is 5.80. The first-order chi connectivity index (χ1) is 12.6. The van der Waals surface area contributed by atoms with Gasteiger partial charge in [-0.25, -0.2) is 4.98 Å². The van der Waals surface area contributed by atoms with Crippen LogP contribution >= 0.6 is 0 Å². The normalized spacial score (nSPS) is 10.8. The number of fused-ring (bicyclic) bond motifs is 1. The minimum atomic E-state index is -0.481. The van der Waals surface area contributed by atoms with Crippen LogP contribution in [0.3, 0.4) is 0 Å². The predicted molar refractivity (Wildman–Crippen MR) is 99.4 cm³/mol. The van der Waals surface area contributed by atoms with Gasteiger partial charge < -0.3 is 0 Å². The highest BCUT2D eigenvalue weighted by Gasteiger charge is 2.16. The summed E-state index contributed by atoms with van der Waals surface area (Å²) >= 11 is 0. The van der Waals surface area contributed by atoms with E-state index in [0.29, 0.717) is 22.4 Å². The Morgan fingerprint density at radius 2 is 1.62 bits per heavy atom. The number of para-hydroxylation sites is 1. The molecule has 4 aromatic rings. The van der Waals surface area contributed by atoms with Crippen molar-refractivity contribution in [2.45, 2.75) is 0 Å². The van der Waals surface area contributed by atoms with Gasteiger partial charge in [0.25, 0.3) is 11.2 Å². The van der Waals surface area contributed by atoms with Crippen molar-refractivity contribution in [2.24, 2.45) is 0 Å². The number of aromatic nitrogens is 2. The van der Waals surface area contributed by atoms with Crippen molar-refractivity contribution in [3.8, 4) is 17.1 Å². The maximum Gasteiger partial charge on any atom is 0.271 e. The van der Waals surface area contributed by atoms with Crippen LogP contribution in [0.4, 0.5) is 5.69 Å². The van der Waals surface area contributed by atoms with Gasteiger partial charge in [-0.1, -0.05) is 48.5 Å². The Morgan fingerprint density at radius 3 is 2.38 bits per heavy atom. The molecule has 0 amide bonds. The summed E-state index contributed by atoms with van der Waals surface area (Å²) in [6.45, 7) is 0. The number of non-ortho nitro benzene ring substituents is 1. The van der Waals surface area contributed by atoms with Gasteiger partial charge in [0.05, 0.1) is 21.5 Å². The van der Waals surface area contributed by atoms with E-state index in [0.717, 1.165) is 5.56 Å². The summed E-state index contributed by atoms with van der Waals surface area (Å²) in [4.78, 5) is 28.5. The van der Waals surface area contributed by atoms with E-state index < -0.39 is 4.92 Å². The van der Waals surface area contributed by atoms with E-state index in [1.54, 1.807) is 30.3 Å². The molecule has 6 nitrogen and oxygen atoms in total. The van der Waals surface area contributed by atoms with E-state index in [1.807, 2.05) is 36.4 Å². The first kappa shape index (κ1) is 15.7. The molecular weight excluding hydrogens is 330 g/mol. The zero-order valence-corrected chi connectivity index (χ0v) is 13.6. The lowest BCUT2D eigenvalue weighted by atomic mass is 10.1. The fourth-order valence-electron chi connectivity index (χ4n) is 2.90. The van der Waals surface area contributed by atoms with Gasteiger partial charge in [0.15, 0.2) is 0 Å². The Bertz CT molecular complexity index is 1180. The number of rotatable bonds is 3. The molecule has 0 saturated heterocycles. The Balaban J connectivity index is 2.10. The van der Waals surface area contributed by atoms with Gasteiger partial charge in [-0.15, -0.1) is 0 Å². The number of nitrogens with zero attached hydrogens (tertiary/aromatic N) is 3. The topological polar surface area (TPSA) is 78.0 Å². The molecule has 3 aromatic carbocycles. The first-order valence-corrected chi connectivity index (χ1v) is 7.97. The largest absolute Gasteiger partial charge is 0.271 e. The van der Waals surface area contributed by atoms with Gasteiger partial charge in [0.2, 0.25) is 0 Å². The van der Waals surface area contributed by atoms with Crippen LogP contribution in [0.15, 0.2) is 83.7 Å². The second-order valence-corrected chi connectivity index (χ2v) is 5.74. The van der Waals surface area contributed by atoms with Gasteiger partial charge >= 0.3 is 0 Å². The van der Waals surface area contributed by atoms with E-state index in [9.17, 15) is 14.9 Å². The van der Waals surface area contributed by atoms with Gasteiger partial charge in [-0.05, 0) is 18.2 Å². The molecule has 0 atom stereocenters. The molecule has 6 heteroatoms. The molecule has 26 heavy (non-hydrogen) atoms. The Hall–Kier alpha value is -3.80. The third-order valence-corrected chi connectivity index (χ3v) is 4.11. The predicted octanol–water partition coefficient (Wildman–Crippen LogP) is 3.96. The molecule has 4 rings (SSSR count). The monoisotopic (exact) mass is 343 g/mol. The molecule has 0 fully saturated rings. The highest BCUT2D eigenvalue weighted by Crippen LogP contribution is 2.24. The lowest BCUT2D eigenvalue weighted by Crippen LogP contribution is -2.22. The van der Waals surface area contributed by atoms with Crippen LogP contribution < -0.4 is 5.56 Å². The number of hydrogen-bond acceptors (Lipinski definition) is 4. The van der Waals surface area contributed by atoms with E-state index in [2.05, 4.69) is 4.98 Å². The summed E-state index contributed by atoms with van der Waals surface area (Å²) in [6.07, 6.45) is 0. The van der Waals surface area contributed by atoms with Crippen molar-refractivity contribution < 1.29 is 4.92 Å². The number of nitro benzene ring substituents is 1. The lowest BCUT2D eigenvalue weighted by molar-refractivity contribution is -0.384. The second-order valence-electron chi connectivity index (χ2n) is 5.74. The molecule has 0 unspecified atom stereocenters. The fraction of sp³-hybridized carbons (Fsp3) is 0. The average molecular weight is 343 g/mol. The quantitative estimate of drug-likeness (QED) is 0.417. The maximum atomic E-state index is 13.2. The average Bonchev–Trinajstić information content (AvgIpc) is 2.68. The Labute approximate surface area is 148 Å².